The molecule has 1 saturated heterocycles. The zero-order chi connectivity index (χ0) is 27.4. The van der Waals surface area contributed by atoms with Crippen LogP contribution in [-0.4, -0.2) is 81.1 Å². The van der Waals surface area contributed by atoms with Crippen LogP contribution in [0.25, 0.3) is 5.69 Å². The van der Waals surface area contributed by atoms with Crippen LogP contribution < -0.4 is 27.8 Å². The molecule has 11 heteroatoms. The van der Waals surface area contributed by atoms with Crippen molar-refractivity contribution in [2.24, 2.45) is 11.5 Å². The van der Waals surface area contributed by atoms with Gasteiger partial charge in [0.05, 0.1) is 11.2 Å². The number of benzene rings is 1. The molecule has 2 aromatic rings. The van der Waals surface area contributed by atoms with Crippen molar-refractivity contribution in [3.8, 4) is 5.69 Å². The van der Waals surface area contributed by atoms with Gasteiger partial charge < -0.3 is 26.6 Å². The highest BCUT2D eigenvalue weighted by atomic mass is 16.2. The third-order valence-electron chi connectivity index (χ3n) is 7.19. The van der Waals surface area contributed by atoms with Crippen LogP contribution in [0.15, 0.2) is 41.3 Å². The molecule has 11 nitrogen and oxygen atoms in total. The Labute approximate surface area is 223 Å². The summed E-state index contributed by atoms with van der Waals surface area (Å²) in [6, 6.07) is 10.2. The lowest BCUT2D eigenvalue weighted by Crippen LogP contribution is -2.58. The molecule has 0 spiro atoms. The van der Waals surface area contributed by atoms with Crippen molar-refractivity contribution in [1.82, 2.24) is 24.7 Å². The molecule has 2 unspecified atom stereocenters. The molecule has 206 valence electrons. The molecule has 1 aliphatic carbocycles. The smallest absolute Gasteiger partial charge is 0.338 e. The molecule has 1 saturated carbocycles. The molecule has 0 radical (unpaired) electrons. The molecule has 2 fully saturated rings. The Hall–Kier alpha value is -3.28. The molecule has 2 heterocycles. The molecule has 4 rings (SSSR count). The third kappa shape index (κ3) is 6.97. The molecular formula is C27H40N8O3. The summed E-state index contributed by atoms with van der Waals surface area (Å²) < 4.78 is 1.44. The maximum atomic E-state index is 12.7. The SMILES string of the molecule is CC(Cc1ccc(-n2ccc(NC(=O)N3CCN(C(=O)C(C)(C)N)CC3)nc2=O)cc1)NC1CC[C@@H](N)C1. The lowest BCUT2D eigenvalue weighted by atomic mass is 10.1. The van der Waals surface area contributed by atoms with Gasteiger partial charge in [0, 0.05) is 50.5 Å². The minimum atomic E-state index is -0.946. The Morgan fingerprint density at radius 2 is 1.74 bits per heavy atom. The second kappa shape index (κ2) is 11.6. The normalized spacial score (nSPS) is 20.9. The van der Waals surface area contributed by atoms with Crippen LogP contribution in [0.1, 0.15) is 45.6 Å². The van der Waals surface area contributed by atoms with Gasteiger partial charge in [0.2, 0.25) is 5.91 Å². The van der Waals surface area contributed by atoms with Gasteiger partial charge >= 0.3 is 11.7 Å². The molecule has 6 N–H and O–H groups in total. The first kappa shape index (κ1) is 27.7. The monoisotopic (exact) mass is 524 g/mol. The summed E-state index contributed by atoms with van der Waals surface area (Å²) in [5.41, 5.74) is 12.4. The van der Waals surface area contributed by atoms with Crippen molar-refractivity contribution < 1.29 is 9.59 Å². The summed E-state index contributed by atoms with van der Waals surface area (Å²) in [6.07, 6.45) is 5.73. The van der Waals surface area contributed by atoms with Crippen LogP contribution in [0.2, 0.25) is 0 Å². The van der Waals surface area contributed by atoms with Crippen molar-refractivity contribution >= 4 is 17.8 Å². The predicted molar refractivity (Wildman–Crippen MR) is 147 cm³/mol. The van der Waals surface area contributed by atoms with Gasteiger partial charge in [-0.1, -0.05) is 12.1 Å². The van der Waals surface area contributed by atoms with Crippen molar-refractivity contribution in [2.75, 3.05) is 31.5 Å². The van der Waals surface area contributed by atoms with Crippen LogP contribution in [0.4, 0.5) is 10.6 Å². The van der Waals surface area contributed by atoms with Crippen molar-refractivity contribution in [1.29, 1.82) is 0 Å². The third-order valence-corrected chi connectivity index (χ3v) is 7.19. The van der Waals surface area contributed by atoms with Gasteiger partial charge in [-0.15, -0.1) is 0 Å². The van der Waals surface area contributed by atoms with E-state index in [-0.39, 0.29) is 17.8 Å². The van der Waals surface area contributed by atoms with E-state index in [9.17, 15) is 14.4 Å². The number of hydrogen-bond acceptors (Lipinski definition) is 7. The van der Waals surface area contributed by atoms with E-state index >= 15 is 0 Å². The Morgan fingerprint density at radius 1 is 1.08 bits per heavy atom. The van der Waals surface area contributed by atoms with Crippen LogP contribution in [0.5, 0.6) is 0 Å². The second-order valence-corrected chi connectivity index (χ2v) is 11.1. The van der Waals surface area contributed by atoms with Gasteiger partial charge in [-0.25, -0.2) is 9.59 Å². The van der Waals surface area contributed by atoms with Gasteiger partial charge in [0.1, 0.15) is 5.82 Å². The van der Waals surface area contributed by atoms with Gasteiger partial charge in [-0.2, -0.15) is 4.98 Å². The van der Waals surface area contributed by atoms with Gasteiger partial charge in [0.15, 0.2) is 0 Å². The Bertz CT molecular complexity index is 1180. The summed E-state index contributed by atoms with van der Waals surface area (Å²) in [6.45, 7) is 7.08. The average Bonchev–Trinajstić information content (AvgIpc) is 3.28. The van der Waals surface area contributed by atoms with Gasteiger partial charge in [-0.3, -0.25) is 14.7 Å². The lowest BCUT2D eigenvalue weighted by Gasteiger charge is -2.37. The zero-order valence-corrected chi connectivity index (χ0v) is 22.5. The Morgan fingerprint density at radius 3 is 2.32 bits per heavy atom. The van der Waals surface area contributed by atoms with E-state index < -0.39 is 11.2 Å². The van der Waals surface area contributed by atoms with E-state index in [1.54, 1.807) is 35.9 Å². The van der Waals surface area contributed by atoms with E-state index in [0.717, 1.165) is 25.7 Å². The lowest BCUT2D eigenvalue weighted by molar-refractivity contribution is -0.137. The number of carbonyl (C=O) groups excluding carboxylic acids is 2. The second-order valence-electron chi connectivity index (χ2n) is 11.1. The number of amides is 3. The number of piperazine rings is 1. The van der Waals surface area contributed by atoms with Crippen LogP contribution in [-0.2, 0) is 11.2 Å². The number of nitrogens with one attached hydrogen (secondary N) is 2. The number of nitrogens with two attached hydrogens (primary N) is 2. The predicted octanol–water partition coefficient (Wildman–Crippen LogP) is 1.05. The van der Waals surface area contributed by atoms with E-state index in [4.69, 9.17) is 11.5 Å². The average molecular weight is 525 g/mol. The number of rotatable bonds is 7. The quantitative estimate of drug-likeness (QED) is 0.422. The minimum Gasteiger partial charge on any atom is -0.338 e. The number of hydrogen-bond donors (Lipinski definition) is 4. The molecule has 1 aromatic heterocycles. The van der Waals surface area contributed by atoms with E-state index in [1.807, 2.05) is 24.3 Å². The highest BCUT2D eigenvalue weighted by Crippen LogP contribution is 2.19. The number of aromatic nitrogens is 2. The topological polar surface area (TPSA) is 152 Å². The largest absolute Gasteiger partial charge is 0.354 e. The fourth-order valence-electron chi connectivity index (χ4n) is 5.15. The molecule has 1 aliphatic heterocycles. The number of carbonyl (C=O) groups is 2. The fourth-order valence-corrected chi connectivity index (χ4v) is 5.15. The summed E-state index contributed by atoms with van der Waals surface area (Å²) in [7, 11) is 0. The summed E-state index contributed by atoms with van der Waals surface area (Å²) in [5, 5.41) is 6.35. The molecule has 2 aliphatic rings. The van der Waals surface area contributed by atoms with Crippen molar-refractivity contribution in [3.05, 3.63) is 52.6 Å². The van der Waals surface area contributed by atoms with Crippen LogP contribution in [0.3, 0.4) is 0 Å². The summed E-state index contributed by atoms with van der Waals surface area (Å²) in [4.78, 5) is 45.0. The van der Waals surface area contributed by atoms with E-state index in [2.05, 4.69) is 22.5 Å². The minimum absolute atomic E-state index is 0.142. The first-order valence-corrected chi connectivity index (χ1v) is 13.3. The van der Waals surface area contributed by atoms with Gasteiger partial charge in [-0.05, 0) is 70.2 Å². The number of urea groups is 1. The summed E-state index contributed by atoms with van der Waals surface area (Å²) >= 11 is 0. The van der Waals surface area contributed by atoms with E-state index in [1.165, 1.54) is 10.1 Å². The molecule has 3 atom stereocenters. The standard InChI is InChI=1S/C27H40N8O3/c1-18(30-21-7-6-20(28)17-21)16-19-4-8-22(9-5-19)35-11-10-23(32-26(35)38)31-25(37)34-14-12-33(13-15-34)24(36)27(2,3)29/h4-5,8-11,18,20-21,30H,6-7,12-17,28-29H2,1-3H3,(H,31,32,37,38)/t18?,20-,21?/m1/s1. The molecule has 38 heavy (non-hydrogen) atoms. The van der Waals surface area contributed by atoms with E-state index in [0.29, 0.717) is 50.0 Å². The Kier molecular flexibility index (Phi) is 8.49. The number of anilines is 1. The molecule has 3 amide bonds. The maximum absolute atomic E-state index is 12.7. The summed E-state index contributed by atoms with van der Waals surface area (Å²) in [5.74, 6) is 0.0392. The number of nitrogens with zero attached hydrogens (tertiary/aromatic N) is 4. The fraction of sp³-hybridized carbons (Fsp3) is 0.556. The maximum Gasteiger partial charge on any atom is 0.354 e. The zero-order valence-electron chi connectivity index (χ0n) is 22.5. The van der Waals surface area contributed by atoms with Crippen LogP contribution in [0, 0.1) is 0 Å². The molecular weight excluding hydrogens is 484 g/mol. The first-order chi connectivity index (χ1) is 18.0. The van der Waals surface area contributed by atoms with Crippen molar-refractivity contribution in [2.45, 2.75) is 70.1 Å². The van der Waals surface area contributed by atoms with Gasteiger partial charge in [0.25, 0.3) is 0 Å². The highest BCUT2D eigenvalue weighted by Gasteiger charge is 2.31. The Balaban J connectivity index is 1.30. The van der Waals surface area contributed by atoms with Crippen LogP contribution >= 0.6 is 0 Å². The van der Waals surface area contributed by atoms with Crippen molar-refractivity contribution in [3.63, 3.8) is 0 Å². The molecule has 1 aromatic carbocycles. The first-order valence-electron chi connectivity index (χ1n) is 13.3. The molecule has 0 bridgehead atoms. The highest BCUT2D eigenvalue weighted by molar-refractivity contribution is 5.89.